The molecule has 1 heterocycles. The Labute approximate surface area is 259 Å². The van der Waals surface area contributed by atoms with Crippen molar-refractivity contribution >= 4 is 17.5 Å². The molecule has 4 aromatic rings. The molecule has 44 heavy (non-hydrogen) atoms. The first kappa shape index (κ1) is 31.0. The average Bonchev–Trinajstić information content (AvgIpc) is 3.50. The Hall–Kier alpha value is -4.46. The van der Waals surface area contributed by atoms with Gasteiger partial charge in [0.2, 0.25) is 5.91 Å². The lowest BCUT2D eigenvalue weighted by Crippen LogP contribution is -2.48. The molecule has 1 fully saturated rings. The second-order valence-electron chi connectivity index (χ2n) is 11.3. The first-order valence-electron chi connectivity index (χ1n) is 15.3. The summed E-state index contributed by atoms with van der Waals surface area (Å²) in [4.78, 5) is 28.2. The molecule has 2 amide bonds. The van der Waals surface area contributed by atoms with Gasteiger partial charge in [0, 0.05) is 37.3 Å². The molecule has 0 saturated carbocycles. The highest BCUT2D eigenvalue weighted by atomic mass is 16.5. The molecule has 0 spiro atoms. The van der Waals surface area contributed by atoms with Crippen molar-refractivity contribution in [3.05, 3.63) is 131 Å². The number of ether oxygens (including phenoxy) is 1. The summed E-state index contributed by atoms with van der Waals surface area (Å²) < 4.78 is 5.32. The number of aryl methyl sites for hydroxylation is 2. The van der Waals surface area contributed by atoms with Crippen LogP contribution in [0.5, 0.6) is 5.75 Å². The first-order chi connectivity index (χ1) is 21.5. The topological polar surface area (TPSA) is 90.9 Å². The maximum Gasteiger partial charge on any atom is 0.251 e. The zero-order chi connectivity index (χ0) is 30.7. The van der Waals surface area contributed by atoms with Gasteiger partial charge in [-0.3, -0.25) is 9.59 Å². The molecule has 0 aliphatic carbocycles. The molecule has 4 aromatic carbocycles. The van der Waals surface area contributed by atoms with E-state index in [2.05, 4.69) is 22.8 Å². The highest BCUT2D eigenvalue weighted by molar-refractivity contribution is 5.99. The number of methoxy groups -OCH3 is 1. The number of carbonyl (C=O) groups is 2. The third kappa shape index (κ3) is 8.56. The Bertz CT molecular complexity index is 1530. The minimum Gasteiger partial charge on any atom is -0.497 e. The zero-order valence-electron chi connectivity index (χ0n) is 25.2. The summed E-state index contributed by atoms with van der Waals surface area (Å²) in [6, 6.07) is 33.1. The molecule has 0 unspecified atom stereocenters. The van der Waals surface area contributed by atoms with Crippen LogP contribution in [0.25, 0.3) is 0 Å². The fourth-order valence-corrected chi connectivity index (χ4v) is 5.65. The third-order valence-electron chi connectivity index (χ3n) is 8.07. The number of nitrogens with one attached hydrogen (secondary N) is 2. The van der Waals surface area contributed by atoms with Crippen LogP contribution < -0.4 is 20.3 Å². The minimum atomic E-state index is -0.842. The van der Waals surface area contributed by atoms with Gasteiger partial charge >= 0.3 is 0 Å². The van der Waals surface area contributed by atoms with Gasteiger partial charge in [0.25, 0.3) is 5.91 Å². The molecule has 0 radical (unpaired) electrons. The highest BCUT2D eigenvalue weighted by Gasteiger charge is 2.26. The third-order valence-corrected chi connectivity index (χ3v) is 8.07. The van der Waals surface area contributed by atoms with Crippen molar-refractivity contribution in [2.24, 2.45) is 0 Å². The van der Waals surface area contributed by atoms with Crippen molar-refractivity contribution < 1.29 is 19.4 Å². The molecular formula is C37H41N3O4. The average molecular weight is 592 g/mol. The van der Waals surface area contributed by atoms with Gasteiger partial charge in [0.15, 0.2) is 0 Å². The van der Waals surface area contributed by atoms with Crippen molar-refractivity contribution in [3.8, 4) is 5.75 Å². The number of hydrogen-bond donors (Lipinski definition) is 3. The summed E-state index contributed by atoms with van der Waals surface area (Å²) in [5.74, 6) is 0.586. The van der Waals surface area contributed by atoms with E-state index in [1.54, 1.807) is 18.1 Å². The number of amides is 2. The number of hydrogen-bond acceptors (Lipinski definition) is 5. The molecule has 7 heteroatoms. The molecule has 0 bridgehead atoms. The lowest BCUT2D eigenvalue weighted by molar-refractivity contribution is -0.117. The second-order valence-corrected chi connectivity index (χ2v) is 11.3. The number of aliphatic hydroxyl groups is 1. The second kappa shape index (κ2) is 15.3. The van der Waals surface area contributed by atoms with Crippen LogP contribution in [-0.2, 0) is 30.6 Å². The van der Waals surface area contributed by atoms with E-state index in [9.17, 15) is 14.7 Å². The van der Waals surface area contributed by atoms with Crippen LogP contribution >= 0.6 is 0 Å². The van der Waals surface area contributed by atoms with Gasteiger partial charge in [-0.1, -0.05) is 72.8 Å². The van der Waals surface area contributed by atoms with Crippen LogP contribution in [-0.4, -0.2) is 49.3 Å². The summed E-state index contributed by atoms with van der Waals surface area (Å²) in [5, 5.41) is 17.8. The Balaban J connectivity index is 1.33. The zero-order valence-corrected chi connectivity index (χ0v) is 25.2. The van der Waals surface area contributed by atoms with E-state index < -0.39 is 12.1 Å². The van der Waals surface area contributed by atoms with Gasteiger partial charge in [-0.25, -0.2) is 0 Å². The molecule has 2 atom stereocenters. The SMILES string of the molecule is COc1cccc(CNC[C@H](O)[C@H](Cc2ccccc2)NC(=O)c2cc(CCc3ccccc3)cc(N3CCCC3=O)c2)c1. The van der Waals surface area contributed by atoms with Crippen molar-refractivity contribution in [1.29, 1.82) is 0 Å². The Morgan fingerprint density at radius 3 is 2.27 bits per heavy atom. The van der Waals surface area contributed by atoms with Crippen LogP contribution in [0.1, 0.15) is 45.5 Å². The number of rotatable bonds is 14. The van der Waals surface area contributed by atoms with E-state index >= 15 is 0 Å². The van der Waals surface area contributed by atoms with E-state index in [4.69, 9.17) is 4.74 Å². The predicted octanol–water partition coefficient (Wildman–Crippen LogP) is 5.10. The van der Waals surface area contributed by atoms with Crippen molar-refractivity contribution in [3.63, 3.8) is 0 Å². The number of nitrogens with zero attached hydrogens (tertiary/aromatic N) is 1. The summed E-state index contributed by atoms with van der Waals surface area (Å²) in [5.41, 5.74) is 5.51. The summed E-state index contributed by atoms with van der Waals surface area (Å²) in [6.07, 6.45) is 2.52. The largest absolute Gasteiger partial charge is 0.497 e. The fourth-order valence-electron chi connectivity index (χ4n) is 5.65. The quantitative estimate of drug-likeness (QED) is 0.190. The molecular weight excluding hydrogens is 550 g/mol. The molecule has 1 aliphatic heterocycles. The van der Waals surface area contributed by atoms with Gasteiger partial charge in [-0.2, -0.15) is 0 Å². The summed E-state index contributed by atoms with van der Waals surface area (Å²) >= 11 is 0. The summed E-state index contributed by atoms with van der Waals surface area (Å²) in [6.45, 7) is 1.49. The molecule has 0 aromatic heterocycles. The predicted molar refractivity (Wildman–Crippen MR) is 174 cm³/mol. The van der Waals surface area contributed by atoms with Gasteiger partial charge in [0.1, 0.15) is 5.75 Å². The minimum absolute atomic E-state index is 0.0797. The van der Waals surface area contributed by atoms with Crippen molar-refractivity contribution in [2.75, 3.05) is 25.1 Å². The van der Waals surface area contributed by atoms with Crippen molar-refractivity contribution in [2.45, 2.75) is 50.8 Å². The smallest absolute Gasteiger partial charge is 0.251 e. The van der Waals surface area contributed by atoms with Gasteiger partial charge < -0.3 is 25.4 Å². The lowest BCUT2D eigenvalue weighted by atomic mass is 9.98. The number of aliphatic hydroxyl groups excluding tert-OH is 1. The number of anilines is 1. The molecule has 3 N–H and O–H groups in total. The molecule has 1 saturated heterocycles. The van der Waals surface area contributed by atoms with Crippen LogP contribution in [0.15, 0.2) is 103 Å². The standard InChI is InChI=1S/C37H41N3O4/c1-44-33-15-8-14-30(22-33)25-38-26-35(41)34(23-28-12-6-3-7-13-28)39-37(43)31-20-29(18-17-27-10-4-2-5-11-27)21-32(24-31)40-19-9-16-36(40)42/h2-8,10-15,20-22,24,34-35,38,41H,9,16-19,23,25-26H2,1H3,(H,39,43)/t34-,35-/m0/s1. The van der Waals surface area contributed by atoms with Crippen LogP contribution in [0.2, 0.25) is 0 Å². The number of benzene rings is 4. The van der Waals surface area contributed by atoms with Crippen LogP contribution in [0.3, 0.4) is 0 Å². The Kier molecular flexibility index (Phi) is 10.8. The number of carbonyl (C=O) groups excluding carboxylic acids is 2. The van der Waals surface area contributed by atoms with E-state index in [0.717, 1.165) is 47.4 Å². The Morgan fingerprint density at radius 2 is 1.57 bits per heavy atom. The molecule has 7 nitrogen and oxygen atoms in total. The van der Waals surface area contributed by atoms with Crippen LogP contribution in [0, 0.1) is 0 Å². The van der Waals surface area contributed by atoms with E-state index in [-0.39, 0.29) is 11.8 Å². The van der Waals surface area contributed by atoms with E-state index in [0.29, 0.717) is 38.0 Å². The van der Waals surface area contributed by atoms with E-state index in [1.807, 2.05) is 84.9 Å². The Morgan fingerprint density at radius 1 is 0.864 bits per heavy atom. The lowest BCUT2D eigenvalue weighted by Gasteiger charge is -2.25. The van der Waals surface area contributed by atoms with Gasteiger partial charge in [0.05, 0.1) is 19.3 Å². The molecule has 228 valence electrons. The molecule has 1 aliphatic rings. The molecule has 5 rings (SSSR count). The maximum atomic E-state index is 13.8. The normalized spacial score (nSPS) is 14.3. The van der Waals surface area contributed by atoms with E-state index in [1.165, 1.54) is 5.56 Å². The van der Waals surface area contributed by atoms with Crippen LogP contribution in [0.4, 0.5) is 5.69 Å². The van der Waals surface area contributed by atoms with Gasteiger partial charge in [-0.15, -0.1) is 0 Å². The highest BCUT2D eigenvalue weighted by Crippen LogP contribution is 2.25. The fraction of sp³-hybridized carbons (Fsp3) is 0.297. The van der Waals surface area contributed by atoms with Gasteiger partial charge in [-0.05, 0) is 78.3 Å². The maximum absolute atomic E-state index is 13.8. The summed E-state index contributed by atoms with van der Waals surface area (Å²) in [7, 11) is 1.64. The van der Waals surface area contributed by atoms with Crippen molar-refractivity contribution in [1.82, 2.24) is 10.6 Å². The first-order valence-corrected chi connectivity index (χ1v) is 15.3. The monoisotopic (exact) mass is 591 g/mol.